The number of hydrogen-bond donors (Lipinski definition) is 0. The van der Waals surface area contributed by atoms with Gasteiger partial charge in [0, 0.05) is 31.7 Å². The average Bonchev–Trinajstić information content (AvgIpc) is 3.13. The third kappa shape index (κ3) is 4.56. The highest BCUT2D eigenvalue weighted by molar-refractivity contribution is 7.99. The van der Waals surface area contributed by atoms with Crippen molar-refractivity contribution < 1.29 is 23.7 Å². The van der Waals surface area contributed by atoms with Gasteiger partial charge in [-0.3, -0.25) is 0 Å². The Balaban J connectivity index is 2.02. The van der Waals surface area contributed by atoms with Gasteiger partial charge in [0.2, 0.25) is 5.75 Å². The molecule has 0 aliphatic rings. The molecule has 3 rings (SSSR count). The summed E-state index contributed by atoms with van der Waals surface area (Å²) >= 11 is 1.59. The van der Waals surface area contributed by atoms with Gasteiger partial charge in [-0.1, -0.05) is 30.0 Å². The molecule has 0 saturated carbocycles. The van der Waals surface area contributed by atoms with Crippen LogP contribution in [0.15, 0.2) is 58.7 Å². The predicted molar refractivity (Wildman–Crippen MR) is 115 cm³/mol. The molecule has 0 bridgehead atoms. The zero-order valence-corrected chi connectivity index (χ0v) is 18.6. The van der Waals surface area contributed by atoms with E-state index in [2.05, 4.69) is 17.1 Å². The molecule has 1 aromatic heterocycles. The van der Waals surface area contributed by atoms with Crippen molar-refractivity contribution in [3.8, 4) is 17.2 Å². The summed E-state index contributed by atoms with van der Waals surface area (Å²) in [7, 11) is 8.34. The SMILES string of the molecule is COCOc1c(C(OC)c2cnc(Sc3ccccc3)n2C)ccc(OC)c1OC. The molecule has 3 aromatic rings. The van der Waals surface area contributed by atoms with Crippen LogP contribution in [0.4, 0.5) is 0 Å². The van der Waals surface area contributed by atoms with Crippen LogP contribution in [0, 0.1) is 0 Å². The van der Waals surface area contributed by atoms with Crippen molar-refractivity contribution in [1.82, 2.24) is 9.55 Å². The topological polar surface area (TPSA) is 64.0 Å². The standard InChI is InChI=1S/C22H26N2O5S/c1-24-17(13-23-22(24)30-15-9-7-6-8-10-15)19(27-4)16-11-12-18(26-3)21(28-5)20(16)29-14-25-2/h6-13,19H,14H2,1-5H3. The smallest absolute Gasteiger partial charge is 0.203 e. The molecule has 7 nitrogen and oxygen atoms in total. The molecule has 0 aliphatic heterocycles. The van der Waals surface area contributed by atoms with Gasteiger partial charge in [0.05, 0.1) is 26.1 Å². The van der Waals surface area contributed by atoms with E-state index in [1.54, 1.807) is 40.2 Å². The summed E-state index contributed by atoms with van der Waals surface area (Å²) in [5, 5.41) is 0.859. The number of ether oxygens (including phenoxy) is 5. The van der Waals surface area contributed by atoms with E-state index in [0.29, 0.717) is 17.2 Å². The van der Waals surface area contributed by atoms with Gasteiger partial charge in [-0.2, -0.15) is 0 Å². The van der Waals surface area contributed by atoms with Crippen molar-refractivity contribution in [2.75, 3.05) is 35.2 Å². The van der Waals surface area contributed by atoms with Gasteiger partial charge >= 0.3 is 0 Å². The summed E-state index contributed by atoms with van der Waals surface area (Å²) in [6, 6.07) is 13.8. The van der Waals surface area contributed by atoms with Gasteiger partial charge in [0.25, 0.3) is 0 Å². The Labute approximate surface area is 180 Å². The third-order valence-electron chi connectivity index (χ3n) is 4.57. The van der Waals surface area contributed by atoms with Crippen LogP contribution in [0.5, 0.6) is 17.2 Å². The second-order valence-electron chi connectivity index (χ2n) is 6.33. The Morgan fingerprint density at radius 2 is 1.73 bits per heavy atom. The fourth-order valence-corrected chi connectivity index (χ4v) is 3.98. The van der Waals surface area contributed by atoms with E-state index in [9.17, 15) is 0 Å². The zero-order chi connectivity index (χ0) is 21.5. The minimum Gasteiger partial charge on any atom is -0.493 e. The number of hydrogen-bond acceptors (Lipinski definition) is 7. The molecule has 0 spiro atoms. The summed E-state index contributed by atoms with van der Waals surface area (Å²) in [5.74, 6) is 1.55. The minimum absolute atomic E-state index is 0.0630. The van der Waals surface area contributed by atoms with Crippen molar-refractivity contribution in [3.63, 3.8) is 0 Å². The second-order valence-corrected chi connectivity index (χ2v) is 7.37. The lowest BCUT2D eigenvalue weighted by Crippen LogP contribution is -2.12. The number of benzene rings is 2. The van der Waals surface area contributed by atoms with Crippen LogP contribution in [-0.2, 0) is 16.5 Å². The molecular weight excluding hydrogens is 404 g/mol. The Hall–Kier alpha value is -2.68. The Bertz CT molecular complexity index is 962. The maximum Gasteiger partial charge on any atom is 0.203 e. The molecule has 1 heterocycles. The van der Waals surface area contributed by atoms with E-state index < -0.39 is 6.10 Å². The number of nitrogens with zero attached hydrogens (tertiary/aromatic N) is 2. The molecule has 1 unspecified atom stereocenters. The van der Waals surface area contributed by atoms with E-state index in [1.807, 2.05) is 48.1 Å². The quantitative estimate of drug-likeness (QED) is 0.444. The van der Waals surface area contributed by atoms with Gasteiger partial charge in [0.15, 0.2) is 23.4 Å². The summed E-state index contributed by atoms with van der Waals surface area (Å²) < 4.78 is 29.8. The van der Waals surface area contributed by atoms with Crippen LogP contribution in [-0.4, -0.2) is 44.8 Å². The molecule has 30 heavy (non-hydrogen) atoms. The summed E-state index contributed by atoms with van der Waals surface area (Å²) in [6.07, 6.45) is 1.38. The molecule has 160 valence electrons. The van der Waals surface area contributed by atoms with Crippen LogP contribution in [0.2, 0.25) is 0 Å². The molecule has 0 amide bonds. The van der Waals surface area contributed by atoms with Crippen LogP contribution in [0.1, 0.15) is 17.4 Å². The minimum atomic E-state index is -0.431. The van der Waals surface area contributed by atoms with Gasteiger partial charge in [0.1, 0.15) is 6.10 Å². The Morgan fingerprint density at radius 1 is 0.967 bits per heavy atom. The van der Waals surface area contributed by atoms with Crippen molar-refractivity contribution in [2.45, 2.75) is 16.2 Å². The molecular formula is C22H26N2O5S. The van der Waals surface area contributed by atoms with Crippen molar-refractivity contribution in [1.29, 1.82) is 0 Å². The second kappa shape index (κ2) is 10.4. The summed E-state index contributed by atoms with van der Waals surface area (Å²) in [5.41, 5.74) is 1.66. The van der Waals surface area contributed by atoms with Gasteiger partial charge < -0.3 is 28.3 Å². The van der Waals surface area contributed by atoms with Gasteiger partial charge in [-0.15, -0.1) is 0 Å². The third-order valence-corrected chi connectivity index (χ3v) is 5.64. The number of imidazole rings is 1. The maximum absolute atomic E-state index is 5.87. The lowest BCUT2D eigenvalue weighted by Gasteiger charge is -2.22. The van der Waals surface area contributed by atoms with Crippen molar-refractivity contribution in [2.24, 2.45) is 7.05 Å². The average molecular weight is 431 g/mol. The van der Waals surface area contributed by atoms with E-state index in [4.69, 9.17) is 23.7 Å². The Morgan fingerprint density at radius 3 is 2.37 bits per heavy atom. The molecule has 2 aromatic carbocycles. The van der Waals surface area contributed by atoms with E-state index in [-0.39, 0.29) is 6.79 Å². The monoisotopic (exact) mass is 430 g/mol. The summed E-state index contributed by atoms with van der Waals surface area (Å²) in [4.78, 5) is 5.71. The molecule has 0 saturated heterocycles. The lowest BCUT2D eigenvalue weighted by molar-refractivity contribution is 0.0447. The molecule has 8 heteroatoms. The molecule has 0 fully saturated rings. The van der Waals surface area contributed by atoms with E-state index >= 15 is 0 Å². The predicted octanol–water partition coefficient (Wildman–Crippen LogP) is 4.31. The van der Waals surface area contributed by atoms with E-state index in [0.717, 1.165) is 21.3 Å². The highest BCUT2D eigenvalue weighted by atomic mass is 32.2. The van der Waals surface area contributed by atoms with Crippen molar-refractivity contribution in [3.05, 3.63) is 59.9 Å². The fourth-order valence-electron chi connectivity index (χ4n) is 3.13. The highest BCUT2D eigenvalue weighted by Gasteiger charge is 2.27. The number of rotatable bonds is 10. The van der Waals surface area contributed by atoms with Gasteiger partial charge in [-0.05, 0) is 24.3 Å². The normalized spacial score (nSPS) is 11.9. The number of methoxy groups -OCH3 is 4. The van der Waals surface area contributed by atoms with E-state index in [1.165, 1.54) is 0 Å². The largest absolute Gasteiger partial charge is 0.493 e. The van der Waals surface area contributed by atoms with Gasteiger partial charge in [-0.25, -0.2) is 4.98 Å². The fraction of sp³-hybridized carbons (Fsp3) is 0.318. The maximum atomic E-state index is 5.87. The van der Waals surface area contributed by atoms with Crippen LogP contribution < -0.4 is 14.2 Å². The lowest BCUT2D eigenvalue weighted by atomic mass is 10.0. The first kappa shape index (κ1) is 22.0. The van der Waals surface area contributed by atoms with Crippen LogP contribution in [0.25, 0.3) is 0 Å². The first-order valence-electron chi connectivity index (χ1n) is 9.28. The summed E-state index contributed by atoms with van der Waals surface area (Å²) in [6.45, 7) is 0.0630. The van der Waals surface area contributed by atoms with Crippen molar-refractivity contribution >= 4 is 11.8 Å². The number of aromatic nitrogens is 2. The van der Waals surface area contributed by atoms with Crippen LogP contribution in [0.3, 0.4) is 0 Å². The van der Waals surface area contributed by atoms with Crippen LogP contribution >= 0.6 is 11.8 Å². The highest BCUT2D eigenvalue weighted by Crippen LogP contribution is 2.45. The molecule has 0 N–H and O–H groups in total. The molecule has 0 aliphatic carbocycles. The first-order chi connectivity index (χ1) is 14.6. The Kier molecular flexibility index (Phi) is 7.62. The molecule has 1 atom stereocenters. The molecule has 0 radical (unpaired) electrons. The first-order valence-corrected chi connectivity index (χ1v) is 10.1. The zero-order valence-electron chi connectivity index (χ0n) is 17.7.